The summed E-state index contributed by atoms with van der Waals surface area (Å²) < 4.78 is 2.17. The Labute approximate surface area is 345 Å². The fourth-order valence-electron chi connectivity index (χ4n) is 7.86. The van der Waals surface area contributed by atoms with Crippen LogP contribution in [-0.2, 0) is 0 Å². The molecule has 1 aliphatic heterocycles. The Balaban J connectivity index is 1.09. The first kappa shape index (κ1) is 34.3. The zero-order valence-corrected chi connectivity index (χ0v) is 33.4. The summed E-state index contributed by atoms with van der Waals surface area (Å²) in [6.07, 6.45) is 5.25. The number of hydrogen-bond donors (Lipinski definition) is 0. The molecule has 10 aromatic rings. The predicted octanol–water partition coefficient (Wildman–Crippen LogP) is 13.4. The van der Waals surface area contributed by atoms with Crippen LogP contribution < -0.4 is 0 Å². The van der Waals surface area contributed by atoms with E-state index in [1.807, 2.05) is 18.5 Å². The second-order valence-corrected chi connectivity index (χ2v) is 17.2. The molecule has 4 nitrogen and oxygen atoms in total. The number of aliphatic imine (C=N–C) groups is 2. The normalized spacial score (nSPS) is 12.9. The van der Waals surface area contributed by atoms with E-state index in [2.05, 4.69) is 186 Å². The lowest BCUT2D eigenvalue weighted by Crippen LogP contribution is -2.11. The molecular formula is C53H33IN4. The molecule has 0 saturated carbocycles. The van der Waals surface area contributed by atoms with Crippen molar-refractivity contribution in [2.24, 2.45) is 9.98 Å². The first-order valence-electron chi connectivity index (χ1n) is 19.3. The van der Waals surface area contributed by atoms with Crippen molar-refractivity contribution < 1.29 is 0 Å². The summed E-state index contributed by atoms with van der Waals surface area (Å²) >= 11 is -0.768. The van der Waals surface area contributed by atoms with Gasteiger partial charge in [0, 0.05) is 34.6 Å². The van der Waals surface area contributed by atoms with Crippen LogP contribution in [0.3, 0.4) is 0 Å². The van der Waals surface area contributed by atoms with Crippen LogP contribution in [0.4, 0.5) is 0 Å². The number of aromatic nitrogens is 2. The number of nitrogens with zero attached hydrogens (tertiary/aromatic N) is 4. The zero-order valence-electron chi connectivity index (χ0n) is 31.2. The fourth-order valence-corrected chi connectivity index (χ4v) is 10.3. The van der Waals surface area contributed by atoms with E-state index in [1.165, 1.54) is 54.2 Å². The van der Waals surface area contributed by atoms with Gasteiger partial charge in [-0.2, -0.15) is 0 Å². The van der Waals surface area contributed by atoms with Crippen molar-refractivity contribution in [3.05, 3.63) is 217 Å². The monoisotopic (exact) mass is 852 g/mol. The molecule has 9 aromatic carbocycles. The van der Waals surface area contributed by atoms with Gasteiger partial charge in [0.05, 0.1) is 0 Å². The number of benzene rings is 9. The zero-order chi connectivity index (χ0) is 38.4. The van der Waals surface area contributed by atoms with Gasteiger partial charge in [-0.25, -0.2) is 20.0 Å². The first-order valence-corrected chi connectivity index (χ1v) is 21.4. The van der Waals surface area contributed by atoms with Crippen LogP contribution in [0.2, 0.25) is 0 Å². The van der Waals surface area contributed by atoms with Gasteiger partial charge in [-0.1, -0.05) is 127 Å². The molecule has 272 valence electrons. The highest BCUT2D eigenvalue weighted by atomic mass is 127. The van der Waals surface area contributed by atoms with E-state index in [4.69, 9.17) is 9.98 Å². The highest BCUT2D eigenvalue weighted by molar-refractivity contribution is 14.2. The van der Waals surface area contributed by atoms with Gasteiger partial charge in [0.15, 0.2) is 5.84 Å². The quantitative estimate of drug-likeness (QED) is 0.124. The highest BCUT2D eigenvalue weighted by Gasteiger charge is 2.18. The molecule has 0 fully saturated rings. The SMILES string of the molecule is c1ccc(C2=NC(c3ccc(-c4cncnc4)cc3)=IC(c3cc(-c4ccc5cc6ccccc6cc5c4)cc(-c4ccc5cc6ccccc6cc5c4)c3)=N2)cc1. The minimum absolute atomic E-state index is 0.735. The van der Waals surface area contributed by atoms with Gasteiger partial charge in [0.2, 0.25) is 0 Å². The second-order valence-electron chi connectivity index (χ2n) is 14.6. The Morgan fingerprint density at radius 2 is 0.759 bits per heavy atom. The maximum atomic E-state index is 5.38. The standard InChI is InChI=1S/C53H33IN4/c1-2-8-36(9-3-1)53-57-51(35-16-14-34(15-17-35)50-31-55-33-56-32-50)54-52(58-53)49-29-47(43-20-18-41-22-37-10-4-6-12-39(37)24-45(41)26-43)28-48(30-49)44-21-19-42-23-38-11-5-7-13-40(38)25-46(42)27-44/h1-33H. The number of hydrogen-bond acceptors (Lipinski definition) is 4. The van der Waals surface area contributed by atoms with E-state index in [-0.39, 0.29) is 0 Å². The van der Waals surface area contributed by atoms with Crippen molar-refractivity contribution in [2.75, 3.05) is 0 Å². The molecule has 0 amide bonds. The third-order valence-corrected chi connectivity index (χ3v) is 13.6. The Morgan fingerprint density at radius 3 is 1.33 bits per heavy atom. The second kappa shape index (κ2) is 14.5. The maximum Gasteiger partial charge on any atom is 0.161 e. The lowest BCUT2D eigenvalue weighted by atomic mass is 9.93. The number of rotatable bonds is 6. The molecule has 0 N–H and O–H groups in total. The molecule has 0 spiro atoms. The average Bonchev–Trinajstić information content (AvgIpc) is 3.30. The van der Waals surface area contributed by atoms with Crippen LogP contribution >= 0.6 is 20.7 Å². The highest BCUT2D eigenvalue weighted by Crippen LogP contribution is 2.36. The number of halogens is 1. The van der Waals surface area contributed by atoms with Crippen molar-refractivity contribution in [3.8, 4) is 33.4 Å². The van der Waals surface area contributed by atoms with Crippen LogP contribution in [0, 0.1) is 0 Å². The van der Waals surface area contributed by atoms with Gasteiger partial charge in [-0.15, -0.1) is 0 Å². The molecule has 1 aromatic heterocycles. The van der Waals surface area contributed by atoms with Crippen molar-refractivity contribution in [2.45, 2.75) is 0 Å². The molecule has 0 saturated heterocycles. The molecule has 0 bridgehead atoms. The van der Waals surface area contributed by atoms with Crippen molar-refractivity contribution in [1.82, 2.24) is 9.97 Å². The van der Waals surface area contributed by atoms with E-state index in [1.54, 1.807) is 6.33 Å². The summed E-state index contributed by atoms with van der Waals surface area (Å²) in [6, 6.07) is 66.1. The molecule has 58 heavy (non-hydrogen) atoms. The molecule has 0 unspecified atom stereocenters. The lowest BCUT2D eigenvalue weighted by Gasteiger charge is -2.16. The fraction of sp³-hybridized carbons (Fsp3) is 0. The summed E-state index contributed by atoms with van der Waals surface area (Å²) in [5.74, 6) is 0.735. The molecule has 11 rings (SSSR count). The van der Waals surface area contributed by atoms with Crippen molar-refractivity contribution >= 4 is 77.0 Å². The van der Waals surface area contributed by atoms with Gasteiger partial charge in [0.25, 0.3) is 0 Å². The molecular weight excluding hydrogens is 820 g/mol. The van der Waals surface area contributed by atoms with Crippen LogP contribution in [0.5, 0.6) is 0 Å². The first-order chi connectivity index (χ1) is 28.7. The van der Waals surface area contributed by atoms with Gasteiger partial charge in [0.1, 0.15) is 13.7 Å². The largest absolute Gasteiger partial charge is 0.244 e. The van der Waals surface area contributed by atoms with Crippen LogP contribution in [0.25, 0.3) is 76.5 Å². The van der Waals surface area contributed by atoms with Crippen LogP contribution in [0.15, 0.2) is 211 Å². The Bertz CT molecular complexity index is 3180. The number of fused-ring (bicyclic) bond motifs is 4. The van der Waals surface area contributed by atoms with Gasteiger partial charge in [-0.05, 0) is 146 Å². The third-order valence-electron chi connectivity index (χ3n) is 10.9. The van der Waals surface area contributed by atoms with Gasteiger partial charge in [-0.3, -0.25) is 0 Å². The molecule has 0 aliphatic carbocycles. The Kier molecular flexibility index (Phi) is 8.59. The van der Waals surface area contributed by atoms with E-state index in [0.29, 0.717) is 0 Å². The molecule has 2 heterocycles. The Hall–Kier alpha value is -6.96. The van der Waals surface area contributed by atoms with E-state index < -0.39 is 20.7 Å². The molecule has 1 aliphatic rings. The van der Waals surface area contributed by atoms with Crippen LogP contribution in [-0.4, -0.2) is 23.2 Å². The average molecular weight is 853 g/mol. The topological polar surface area (TPSA) is 50.5 Å². The summed E-state index contributed by atoms with van der Waals surface area (Å²) in [4.78, 5) is 19.1. The summed E-state index contributed by atoms with van der Waals surface area (Å²) in [7, 11) is 0. The molecule has 0 atom stereocenters. The van der Waals surface area contributed by atoms with E-state index in [9.17, 15) is 0 Å². The minimum atomic E-state index is -0.768. The summed E-state index contributed by atoms with van der Waals surface area (Å²) in [6.45, 7) is 0. The number of amidine groups is 1. The van der Waals surface area contributed by atoms with Crippen LogP contribution in [0.1, 0.15) is 16.7 Å². The van der Waals surface area contributed by atoms with E-state index in [0.717, 1.165) is 52.1 Å². The van der Waals surface area contributed by atoms with E-state index >= 15 is 0 Å². The third kappa shape index (κ3) is 6.59. The smallest absolute Gasteiger partial charge is 0.161 e. The summed E-state index contributed by atoms with van der Waals surface area (Å²) in [5.41, 5.74) is 9.96. The van der Waals surface area contributed by atoms with Crippen molar-refractivity contribution in [1.29, 1.82) is 0 Å². The van der Waals surface area contributed by atoms with Crippen molar-refractivity contribution in [3.63, 3.8) is 0 Å². The molecule has 0 radical (unpaired) electrons. The maximum absolute atomic E-state index is 5.38. The summed E-state index contributed by atoms with van der Waals surface area (Å²) in [5, 5.41) is 9.91. The van der Waals surface area contributed by atoms with Gasteiger partial charge < -0.3 is 0 Å². The van der Waals surface area contributed by atoms with Gasteiger partial charge >= 0.3 is 0 Å². The predicted molar refractivity (Wildman–Crippen MR) is 252 cm³/mol. The molecule has 5 heteroatoms. The lowest BCUT2D eigenvalue weighted by molar-refractivity contribution is 1.17. The minimum Gasteiger partial charge on any atom is -0.244 e. The Morgan fingerprint density at radius 1 is 0.293 bits per heavy atom.